The third-order valence-electron chi connectivity index (χ3n) is 4.76. The summed E-state index contributed by atoms with van der Waals surface area (Å²) < 4.78 is 11.1. The Hall–Kier alpha value is -1.21. The zero-order valence-electron chi connectivity index (χ0n) is 16.5. The van der Waals surface area contributed by atoms with Crippen LogP contribution in [0.1, 0.15) is 5.56 Å². The number of β-amino-alcohol motifs (C(OH)–C–C–N with tert-alkyl or cyclic N) is 1. The van der Waals surface area contributed by atoms with Gasteiger partial charge < -0.3 is 19.5 Å². The maximum Gasteiger partial charge on any atom is 0.142 e. The number of aliphatic hydroxyl groups is 1. The van der Waals surface area contributed by atoms with Gasteiger partial charge in [0, 0.05) is 37.7 Å². The Morgan fingerprint density at radius 3 is 2.31 bits per heavy atom. The molecule has 1 N–H and O–H groups in total. The number of para-hydroxylation sites is 2. The highest BCUT2D eigenvalue weighted by Crippen LogP contribution is 2.28. The minimum atomic E-state index is -0.491. The van der Waals surface area contributed by atoms with Crippen molar-refractivity contribution in [3.8, 4) is 5.75 Å². The van der Waals surface area contributed by atoms with Crippen molar-refractivity contribution >= 4 is 42.1 Å². The lowest BCUT2D eigenvalue weighted by Crippen LogP contribution is -2.49. The van der Waals surface area contributed by atoms with Gasteiger partial charge in [0.1, 0.15) is 5.75 Å². The van der Waals surface area contributed by atoms with Crippen LogP contribution in [-0.4, -0.2) is 62.6 Å². The van der Waals surface area contributed by atoms with Gasteiger partial charge in [-0.05, 0) is 29.8 Å². The number of ether oxygens (including phenoxy) is 2. The standard InChI is InChI=1S/C21H27ClN2O3.2ClH/c1-26-21-5-3-2-4-20(21)24-12-10-23(11-13-24)14-19(25)16-27-15-17-6-8-18(22)9-7-17;;/h2-9,19,25H,10-16H2,1H3;2*1H. The molecule has 0 spiro atoms. The van der Waals surface area contributed by atoms with Gasteiger partial charge in [0.25, 0.3) is 0 Å². The molecule has 0 aliphatic carbocycles. The van der Waals surface area contributed by atoms with Crippen molar-refractivity contribution in [2.24, 2.45) is 0 Å². The predicted octanol–water partition coefficient (Wildman–Crippen LogP) is 3.89. The number of piperazine rings is 1. The van der Waals surface area contributed by atoms with Crippen LogP contribution >= 0.6 is 36.4 Å². The van der Waals surface area contributed by atoms with E-state index in [1.54, 1.807) is 7.11 Å². The van der Waals surface area contributed by atoms with Gasteiger partial charge in [0.05, 0.1) is 32.1 Å². The second-order valence-electron chi connectivity index (χ2n) is 6.75. The minimum Gasteiger partial charge on any atom is -0.495 e. The van der Waals surface area contributed by atoms with E-state index >= 15 is 0 Å². The molecule has 29 heavy (non-hydrogen) atoms. The number of hydrogen-bond acceptors (Lipinski definition) is 5. The van der Waals surface area contributed by atoms with Crippen LogP contribution in [0.5, 0.6) is 5.75 Å². The number of nitrogens with zero attached hydrogens (tertiary/aromatic N) is 2. The van der Waals surface area contributed by atoms with Gasteiger partial charge in [0.15, 0.2) is 0 Å². The van der Waals surface area contributed by atoms with E-state index in [2.05, 4.69) is 15.9 Å². The summed E-state index contributed by atoms with van der Waals surface area (Å²) in [6.07, 6.45) is -0.491. The van der Waals surface area contributed by atoms with Crippen LogP contribution in [0.3, 0.4) is 0 Å². The Morgan fingerprint density at radius 2 is 1.66 bits per heavy atom. The Morgan fingerprint density at radius 1 is 1.00 bits per heavy atom. The van der Waals surface area contributed by atoms with Crippen molar-refractivity contribution in [2.75, 3.05) is 51.3 Å². The average molecular weight is 464 g/mol. The van der Waals surface area contributed by atoms with Crippen LogP contribution < -0.4 is 9.64 Å². The number of anilines is 1. The fourth-order valence-corrected chi connectivity index (χ4v) is 3.43. The lowest BCUT2D eigenvalue weighted by Gasteiger charge is -2.37. The maximum atomic E-state index is 10.3. The second-order valence-corrected chi connectivity index (χ2v) is 7.19. The Balaban J connectivity index is 0.00000210. The highest BCUT2D eigenvalue weighted by molar-refractivity contribution is 6.30. The number of hydrogen-bond donors (Lipinski definition) is 1. The summed E-state index contributed by atoms with van der Waals surface area (Å²) >= 11 is 5.87. The van der Waals surface area contributed by atoms with E-state index < -0.39 is 6.10 Å². The Bertz CT molecular complexity index is 711. The van der Waals surface area contributed by atoms with Crippen molar-refractivity contribution < 1.29 is 14.6 Å². The first-order valence-corrected chi connectivity index (χ1v) is 9.64. The summed E-state index contributed by atoms with van der Waals surface area (Å²) in [5.41, 5.74) is 2.18. The molecule has 1 aliphatic rings. The molecule has 162 valence electrons. The Labute approximate surface area is 190 Å². The Kier molecular flexibility index (Phi) is 11.7. The van der Waals surface area contributed by atoms with Gasteiger partial charge >= 0.3 is 0 Å². The molecule has 2 aromatic rings. The molecule has 1 fully saturated rings. The van der Waals surface area contributed by atoms with Crippen LogP contribution in [0, 0.1) is 0 Å². The van der Waals surface area contributed by atoms with Gasteiger partial charge in [0.2, 0.25) is 0 Å². The quantitative estimate of drug-likeness (QED) is 0.643. The van der Waals surface area contributed by atoms with E-state index in [-0.39, 0.29) is 24.8 Å². The summed E-state index contributed by atoms with van der Waals surface area (Å²) in [6.45, 7) is 5.08. The predicted molar refractivity (Wildman–Crippen MR) is 123 cm³/mol. The largest absolute Gasteiger partial charge is 0.495 e. The third-order valence-corrected chi connectivity index (χ3v) is 5.01. The lowest BCUT2D eigenvalue weighted by atomic mass is 10.2. The fraction of sp³-hybridized carbons (Fsp3) is 0.429. The zero-order valence-corrected chi connectivity index (χ0v) is 18.9. The number of aliphatic hydroxyl groups excluding tert-OH is 1. The molecule has 0 saturated carbocycles. The van der Waals surface area contributed by atoms with Gasteiger partial charge in [-0.3, -0.25) is 4.90 Å². The van der Waals surface area contributed by atoms with Gasteiger partial charge in [-0.15, -0.1) is 24.8 Å². The first-order chi connectivity index (χ1) is 13.2. The maximum absolute atomic E-state index is 10.3. The van der Waals surface area contributed by atoms with E-state index in [0.717, 1.165) is 43.2 Å². The van der Waals surface area contributed by atoms with Crippen LogP contribution in [0.2, 0.25) is 5.02 Å². The first kappa shape index (κ1) is 25.8. The van der Waals surface area contributed by atoms with Gasteiger partial charge in [-0.25, -0.2) is 0 Å². The molecule has 3 rings (SSSR count). The van der Waals surface area contributed by atoms with Gasteiger partial charge in [-0.1, -0.05) is 35.9 Å². The molecule has 1 atom stereocenters. The van der Waals surface area contributed by atoms with E-state index in [1.807, 2.05) is 42.5 Å². The molecule has 2 aromatic carbocycles. The molecule has 8 heteroatoms. The van der Waals surface area contributed by atoms with Crippen molar-refractivity contribution in [2.45, 2.75) is 12.7 Å². The van der Waals surface area contributed by atoms with E-state index in [4.69, 9.17) is 21.1 Å². The summed E-state index contributed by atoms with van der Waals surface area (Å²) in [5, 5.41) is 11.0. The monoisotopic (exact) mass is 462 g/mol. The molecule has 1 heterocycles. The molecule has 0 radical (unpaired) electrons. The summed E-state index contributed by atoms with van der Waals surface area (Å²) in [6, 6.07) is 15.7. The molecule has 0 bridgehead atoms. The molecule has 1 unspecified atom stereocenters. The van der Waals surface area contributed by atoms with Crippen LogP contribution in [0.4, 0.5) is 5.69 Å². The zero-order chi connectivity index (χ0) is 19.1. The normalized spacial score (nSPS) is 15.2. The van der Waals surface area contributed by atoms with E-state index in [1.165, 1.54) is 0 Å². The van der Waals surface area contributed by atoms with Crippen molar-refractivity contribution in [1.29, 1.82) is 0 Å². The molecule has 1 saturated heterocycles. The average Bonchev–Trinajstić information content (AvgIpc) is 2.70. The lowest BCUT2D eigenvalue weighted by molar-refractivity contribution is 0.00913. The highest BCUT2D eigenvalue weighted by atomic mass is 35.5. The molecular weight excluding hydrogens is 435 g/mol. The number of rotatable bonds is 8. The van der Waals surface area contributed by atoms with Crippen LogP contribution in [-0.2, 0) is 11.3 Å². The van der Waals surface area contributed by atoms with Crippen molar-refractivity contribution in [3.63, 3.8) is 0 Å². The summed E-state index contributed by atoms with van der Waals surface area (Å²) in [7, 11) is 1.70. The van der Waals surface area contributed by atoms with E-state index in [9.17, 15) is 5.11 Å². The van der Waals surface area contributed by atoms with Crippen molar-refractivity contribution in [3.05, 3.63) is 59.1 Å². The molecular formula is C21H29Cl3N2O3. The summed E-state index contributed by atoms with van der Waals surface area (Å²) in [4.78, 5) is 4.61. The molecule has 5 nitrogen and oxygen atoms in total. The van der Waals surface area contributed by atoms with Crippen molar-refractivity contribution in [1.82, 2.24) is 4.90 Å². The first-order valence-electron chi connectivity index (χ1n) is 9.26. The smallest absolute Gasteiger partial charge is 0.142 e. The summed E-state index contributed by atoms with van der Waals surface area (Å²) in [5.74, 6) is 0.904. The minimum absolute atomic E-state index is 0. The highest BCUT2D eigenvalue weighted by Gasteiger charge is 2.21. The number of benzene rings is 2. The molecule has 1 aliphatic heterocycles. The fourth-order valence-electron chi connectivity index (χ4n) is 3.31. The second kappa shape index (κ2) is 13.2. The molecule has 0 amide bonds. The van der Waals surface area contributed by atoms with E-state index in [0.29, 0.717) is 24.8 Å². The number of halogens is 3. The van der Waals surface area contributed by atoms with Crippen LogP contribution in [0.15, 0.2) is 48.5 Å². The third kappa shape index (κ3) is 7.85. The number of methoxy groups -OCH3 is 1. The van der Waals surface area contributed by atoms with Crippen LogP contribution in [0.25, 0.3) is 0 Å². The molecule has 0 aromatic heterocycles. The van der Waals surface area contributed by atoms with Gasteiger partial charge in [-0.2, -0.15) is 0 Å². The SMILES string of the molecule is COc1ccccc1N1CCN(CC(O)COCc2ccc(Cl)cc2)CC1.Cl.Cl. The topological polar surface area (TPSA) is 45.2 Å².